The van der Waals surface area contributed by atoms with Gasteiger partial charge in [0.1, 0.15) is 0 Å². The summed E-state index contributed by atoms with van der Waals surface area (Å²) in [5.74, 6) is 2.68. The summed E-state index contributed by atoms with van der Waals surface area (Å²) in [6.07, 6.45) is 7.95. The SMILES string of the molecule is CN=C(NCC1CCCO1)NC1CCC(C(C)C)CC1. The average Bonchev–Trinajstić information content (AvgIpc) is 2.97. The Morgan fingerprint density at radius 1 is 1.20 bits per heavy atom. The van der Waals surface area contributed by atoms with Crippen LogP contribution in [0.1, 0.15) is 52.4 Å². The topological polar surface area (TPSA) is 45.7 Å². The maximum absolute atomic E-state index is 5.63. The summed E-state index contributed by atoms with van der Waals surface area (Å²) >= 11 is 0. The van der Waals surface area contributed by atoms with E-state index >= 15 is 0 Å². The molecule has 0 radical (unpaired) electrons. The van der Waals surface area contributed by atoms with Crippen molar-refractivity contribution in [1.29, 1.82) is 0 Å². The number of aliphatic imine (C=N–C) groups is 1. The van der Waals surface area contributed by atoms with E-state index in [1.165, 1.54) is 38.5 Å². The van der Waals surface area contributed by atoms with Crippen molar-refractivity contribution in [3.63, 3.8) is 0 Å². The second kappa shape index (κ2) is 7.87. The van der Waals surface area contributed by atoms with Crippen LogP contribution in [0.15, 0.2) is 4.99 Å². The van der Waals surface area contributed by atoms with Gasteiger partial charge in [0.15, 0.2) is 5.96 Å². The molecule has 0 bridgehead atoms. The molecule has 0 amide bonds. The highest BCUT2D eigenvalue weighted by atomic mass is 16.5. The summed E-state index contributed by atoms with van der Waals surface area (Å²) < 4.78 is 5.63. The summed E-state index contributed by atoms with van der Waals surface area (Å²) in [6, 6.07) is 0.584. The lowest BCUT2D eigenvalue weighted by Gasteiger charge is -2.32. The number of nitrogens with zero attached hydrogens (tertiary/aromatic N) is 1. The van der Waals surface area contributed by atoms with E-state index in [0.717, 1.165) is 30.9 Å². The zero-order chi connectivity index (χ0) is 14.4. The highest BCUT2D eigenvalue weighted by molar-refractivity contribution is 5.79. The van der Waals surface area contributed by atoms with Gasteiger partial charge in [0.05, 0.1) is 6.10 Å². The van der Waals surface area contributed by atoms with E-state index in [2.05, 4.69) is 29.5 Å². The van der Waals surface area contributed by atoms with Crippen LogP contribution in [0, 0.1) is 11.8 Å². The summed E-state index contributed by atoms with van der Waals surface area (Å²) in [4.78, 5) is 4.34. The fraction of sp³-hybridized carbons (Fsp3) is 0.938. The molecule has 20 heavy (non-hydrogen) atoms. The van der Waals surface area contributed by atoms with E-state index < -0.39 is 0 Å². The molecule has 1 unspecified atom stereocenters. The van der Waals surface area contributed by atoms with Crippen molar-refractivity contribution in [3.05, 3.63) is 0 Å². The molecule has 2 rings (SSSR count). The Hall–Kier alpha value is -0.770. The molecule has 2 N–H and O–H groups in total. The van der Waals surface area contributed by atoms with Crippen LogP contribution >= 0.6 is 0 Å². The molecule has 1 heterocycles. The monoisotopic (exact) mass is 281 g/mol. The smallest absolute Gasteiger partial charge is 0.191 e. The van der Waals surface area contributed by atoms with Crippen molar-refractivity contribution >= 4 is 5.96 Å². The van der Waals surface area contributed by atoms with Gasteiger partial charge in [-0.15, -0.1) is 0 Å². The Bertz CT molecular complexity index is 303. The van der Waals surface area contributed by atoms with E-state index in [4.69, 9.17) is 4.74 Å². The predicted octanol–water partition coefficient (Wildman–Crippen LogP) is 2.55. The third kappa shape index (κ3) is 4.65. The molecule has 1 saturated heterocycles. The van der Waals surface area contributed by atoms with E-state index in [1.807, 2.05) is 7.05 Å². The van der Waals surface area contributed by atoms with Gasteiger partial charge >= 0.3 is 0 Å². The third-order valence-electron chi connectivity index (χ3n) is 4.80. The fourth-order valence-electron chi connectivity index (χ4n) is 3.33. The van der Waals surface area contributed by atoms with Gasteiger partial charge in [-0.3, -0.25) is 4.99 Å². The Morgan fingerprint density at radius 3 is 2.50 bits per heavy atom. The van der Waals surface area contributed by atoms with Crippen LogP contribution in [-0.4, -0.2) is 38.3 Å². The van der Waals surface area contributed by atoms with Crippen LogP contribution in [-0.2, 0) is 4.74 Å². The second-order valence-corrected chi connectivity index (χ2v) is 6.59. The first-order valence-electron chi connectivity index (χ1n) is 8.27. The number of ether oxygens (including phenoxy) is 1. The predicted molar refractivity (Wildman–Crippen MR) is 84.1 cm³/mol. The first-order chi connectivity index (χ1) is 9.69. The number of hydrogen-bond acceptors (Lipinski definition) is 2. The van der Waals surface area contributed by atoms with Gasteiger partial charge in [0, 0.05) is 26.2 Å². The van der Waals surface area contributed by atoms with Gasteiger partial charge in [0.2, 0.25) is 0 Å². The molecule has 0 aromatic heterocycles. The average molecular weight is 281 g/mol. The van der Waals surface area contributed by atoms with Crippen molar-refractivity contribution in [3.8, 4) is 0 Å². The molecule has 1 atom stereocenters. The van der Waals surface area contributed by atoms with Gasteiger partial charge in [0.25, 0.3) is 0 Å². The van der Waals surface area contributed by atoms with Crippen LogP contribution in [0.3, 0.4) is 0 Å². The lowest BCUT2D eigenvalue weighted by Crippen LogP contribution is -2.46. The molecule has 1 saturated carbocycles. The van der Waals surface area contributed by atoms with Gasteiger partial charge in [-0.2, -0.15) is 0 Å². The quantitative estimate of drug-likeness (QED) is 0.615. The van der Waals surface area contributed by atoms with Crippen LogP contribution in [0.4, 0.5) is 0 Å². The van der Waals surface area contributed by atoms with Crippen LogP contribution in [0.25, 0.3) is 0 Å². The summed E-state index contributed by atoms with van der Waals surface area (Å²) in [6.45, 7) is 6.49. The highest BCUT2D eigenvalue weighted by Crippen LogP contribution is 2.29. The molecular weight excluding hydrogens is 250 g/mol. The first kappa shape index (κ1) is 15.6. The lowest BCUT2D eigenvalue weighted by atomic mass is 9.80. The summed E-state index contributed by atoms with van der Waals surface area (Å²) in [5.41, 5.74) is 0. The van der Waals surface area contributed by atoms with Crippen molar-refractivity contribution in [2.45, 2.75) is 64.5 Å². The number of guanidine groups is 1. The minimum absolute atomic E-state index is 0.366. The van der Waals surface area contributed by atoms with Crippen LogP contribution in [0.5, 0.6) is 0 Å². The largest absolute Gasteiger partial charge is 0.376 e. The molecule has 2 fully saturated rings. The van der Waals surface area contributed by atoms with Gasteiger partial charge < -0.3 is 15.4 Å². The normalized spacial score (nSPS) is 31.6. The number of hydrogen-bond donors (Lipinski definition) is 2. The Labute approximate surface area is 123 Å². The van der Waals surface area contributed by atoms with E-state index in [1.54, 1.807) is 0 Å². The zero-order valence-electron chi connectivity index (χ0n) is 13.3. The maximum Gasteiger partial charge on any atom is 0.191 e. The molecule has 116 valence electrons. The molecule has 0 aromatic rings. The van der Waals surface area contributed by atoms with Crippen molar-refractivity contribution in [2.24, 2.45) is 16.8 Å². The van der Waals surface area contributed by atoms with E-state index in [0.29, 0.717) is 12.1 Å². The Balaban J connectivity index is 1.68. The summed E-state index contributed by atoms with van der Waals surface area (Å²) in [7, 11) is 1.85. The molecule has 4 heteroatoms. The highest BCUT2D eigenvalue weighted by Gasteiger charge is 2.24. The van der Waals surface area contributed by atoms with Crippen LogP contribution < -0.4 is 10.6 Å². The number of nitrogens with one attached hydrogen (secondary N) is 2. The second-order valence-electron chi connectivity index (χ2n) is 6.59. The Kier molecular flexibility index (Phi) is 6.14. The van der Waals surface area contributed by atoms with Crippen LogP contribution in [0.2, 0.25) is 0 Å². The van der Waals surface area contributed by atoms with E-state index in [9.17, 15) is 0 Å². The molecule has 4 nitrogen and oxygen atoms in total. The molecular formula is C16H31N3O. The summed E-state index contributed by atoms with van der Waals surface area (Å²) in [5, 5.41) is 6.98. The third-order valence-corrected chi connectivity index (χ3v) is 4.80. The zero-order valence-corrected chi connectivity index (χ0v) is 13.3. The fourth-order valence-corrected chi connectivity index (χ4v) is 3.33. The molecule has 2 aliphatic rings. The van der Waals surface area contributed by atoms with Gasteiger partial charge in [-0.1, -0.05) is 13.8 Å². The first-order valence-corrected chi connectivity index (χ1v) is 8.27. The maximum atomic E-state index is 5.63. The van der Waals surface area contributed by atoms with Gasteiger partial charge in [-0.05, 0) is 50.4 Å². The minimum Gasteiger partial charge on any atom is -0.376 e. The standard InChI is InChI=1S/C16H31N3O/c1-12(2)13-6-8-14(9-7-13)19-16(17-3)18-11-15-5-4-10-20-15/h12-15H,4-11H2,1-3H3,(H2,17,18,19). The molecule has 0 aromatic carbocycles. The number of rotatable bonds is 4. The molecule has 1 aliphatic carbocycles. The van der Waals surface area contributed by atoms with Crippen molar-refractivity contribution < 1.29 is 4.74 Å². The van der Waals surface area contributed by atoms with Gasteiger partial charge in [-0.25, -0.2) is 0 Å². The Morgan fingerprint density at radius 2 is 1.95 bits per heavy atom. The molecule has 1 aliphatic heterocycles. The van der Waals surface area contributed by atoms with E-state index in [-0.39, 0.29) is 0 Å². The minimum atomic E-state index is 0.366. The van der Waals surface area contributed by atoms with Crippen molar-refractivity contribution in [2.75, 3.05) is 20.2 Å². The lowest BCUT2D eigenvalue weighted by molar-refractivity contribution is 0.113. The van der Waals surface area contributed by atoms with Crippen molar-refractivity contribution in [1.82, 2.24) is 10.6 Å². The molecule has 0 spiro atoms.